The molecule has 0 aliphatic carbocycles. The predicted molar refractivity (Wildman–Crippen MR) is 96.3 cm³/mol. The van der Waals surface area contributed by atoms with E-state index in [1.54, 1.807) is 0 Å². The molecule has 0 unspecified atom stereocenters. The van der Waals surface area contributed by atoms with E-state index < -0.39 is 6.04 Å². The zero-order valence-electron chi connectivity index (χ0n) is 14.3. The summed E-state index contributed by atoms with van der Waals surface area (Å²) in [4.78, 5) is 26.5. The molecule has 1 fully saturated rings. The van der Waals surface area contributed by atoms with Crippen molar-refractivity contribution in [1.82, 2.24) is 0 Å². The number of imide groups is 1. The molecule has 124 valence electrons. The Hall–Kier alpha value is -2.62. The second kappa shape index (κ2) is 6.48. The molecule has 1 atom stereocenters. The first-order valence-corrected chi connectivity index (χ1v) is 8.29. The largest absolute Gasteiger partial charge is 0.373 e. The van der Waals surface area contributed by atoms with Crippen LogP contribution in [0.1, 0.15) is 30.0 Å². The van der Waals surface area contributed by atoms with Gasteiger partial charge in [0.05, 0.1) is 12.1 Å². The van der Waals surface area contributed by atoms with Crippen molar-refractivity contribution in [2.24, 2.45) is 0 Å². The Kier molecular flexibility index (Phi) is 4.38. The van der Waals surface area contributed by atoms with Crippen LogP contribution in [0.5, 0.6) is 0 Å². The summed E-state index contributed by atoms with van der Waals surface area (Å²) < 4.78 is 0. The molecule has 24 heavy (non-hydrogen) atoms. The van der Waals surface area contributed by atoms with Crippen molar-refractivity contribution in [1.29, 1.82) is 0 Å². The van der Waals surface area contributed by atoms with Crippen LogP contribution in [0.2, 0.25) is 0 Å². The fourth-order valence-electron chi connectivity index (χ4n) is 3.01. The highest BCUT2D eigenvalue weighted by molar-refractivity contribution is 6.23. The zero-order chi connectivity index (χ0) is 17.3. The molecule has 1 aliphatic heterocycles. The quantitative estimate of drug-likeness (QED) is 0.875. The smallest absolute Gasteiger partial charge is 0.256 e. The minimum atomic E-state index is -0.509. The summed E-state index contributed by atoms with van der Waals surface area (Å²) >= 11 is 0. The number of amides is 2. The summed E-state index contributed by atoms with van der Waals surface area (Å²) in [7, 11) is 0. The predicted octanol–water partition coefficient (Wildman–Crippen LogP) is 3.61. The lowest BCUT2D eigenvalue weighted by atomic mass is 10.1. The van der Waals surface area contributed by atoms with Gasteiger partial charge in [-0.25, -0.2) is 4.90 Å². The molecule has 0 spiro atoms. The number of hydrogen-bond donors (Lipinski definition) is 1. The van der Waals surface area contributed by atoms with Crippen molar-refractivity contribution >= 4 is 23.2 Å². The number of aryl methyl sites for hydroxylation is 2. The SMILES string of the molecule is CCc1ccc(N[C@H]2CC(=O)N(c3cccc(C)c3C)C2=O)cc1. The van der Waals surface area contributed by atoms with E-state index >= 15 is 0 Å². The Morgan fingerprint density at radius 2 is 1.79 bits per heavy atom. The number of benzene rings is 2. The lowest BCUT2D eigenvalue weighted by molar-refractivity contribution is -0.121. The average molecular weight is 322 g/mol. The topological polar surface area (TPSA) is 49.4 Å². The monoisotopic (exact) mass is 322 g/mol. The molecule has 0 saturated carbocycles. The first-order valence-electron chi connectivity index (χ1n) is 8.29. The molecular weight excluding hydrogens is 300 g/mol. The second-order valence-electron chi connectivity index (χ2n) is 6.24. The summed E-state index contributed by atoms with van der Waals surface area (Å²) in [5.74, 6) is -0.343. The minimum Gasteiger partial charge on any atom is -0.373 e. The van der Waals surface area contributed by atoms with Gasteiger partial charge < -0.3 is 5.32 Å². The fourth-order valence-corrected chi connectivity index (χ4v) is 3.01. The van der Waals surface area contributed by atoms with Gasteiger partial charge in [-0.05, 0) is 55.2 Å². The van der Waals surface area contributed by atoms with E-state index in [0.29, 0.717) is 5.69 Å². The van der Waals surface area contributed by atoms with Crippen LogP contribution < -0.4 is 10.2 Å². The van der Waals surface area contributed by atoms with Crippen LogP contribution in [0.4, 0.5) is 11.4 Å². The summed E-state index contributed by atoms with van der Waals surface area (Å²) in [6.07, 6.45) is 1.16. The normalized spacial score (nSPS) is 17.5. The van der Waals surface area contributed by atoms with Gasteiger partial charge in [0.2, 0.25) is 5.91 Å². The molecule has 0 radical (unpaired) electrons. The summed E-state index contributed by atoms with van der Waals surface area (Å²) in [6.45, 7) is 6.02. The Morgan fingerprint density at radius 3 is 2.46 bits per heavy atom. The van der Waals surface area contributed by atoms with Crippen LogP contribution in [-0.2, 0) is 16.0 Å². The zero-order valence-corrected chi connectivity index (χ0v) is 14.3. The van der Waals surface area contributed by atoms with E-state index in [2.05, 4.69) is 12.2 Å². The van der Waals surface area contributed by atoms with Crippen LogP contribution in [-0.4, -0.2) is 17.9 Å². The number of nitrogens with one attached hydrogen (secondary N) is 1. The van der Waals surface area contributed by atoms with Crippen LogP contribution in [0.25, 0.3) is 0 Å². The summed E-state index contributed by atoms with van der Waals surface area (Å²) in [5, 5.41) is 3.19. The first-order chi connectivity index (χ1) is 11.5. The highest BCUT2D eigenvalue weighted by Crippen LogP contribution is 2.29. The molecule has 1 heterocycles. The number of rotatable bonds is 4. The molecule has 4 heteroatoms. The van der Waals surface area contributed by atoms with Gasteiger partial charge in [-0.1, -0.05) is 31.2 Å². The molecular formula is C20H22N2O2. The maximum absolute atomic E-state index is 12.7. The van der Waals surface area contributed by atoms with E-state index in [-0.39, 0.29) is 18.2 Å². The maximum Gasteiger partial charge on any atom is 0.256 e. The molecule has 2 aromatic rings. The van der Waals surface area contributed by atoms with E-state index in [1.807, 2.05) is 56.3 Å². The fraction of sp³-hybridized carbons (Fsp3) is 0.300. The number of carbonyl (C=O) groups is 2. The molecule has 0 aromatic heterocycles. The van der Waals surface area contributed by atoms with E-state index in [1.165, 1.54) is 10.5 Å². The Morgan fingerprint density at radius 1 is 1.08 bits per heavy atom. The maximum atomic E-state index is 12.7. The Bertz CT molecular complexity index is 781. The van der Waals surface area contributed by atoms with Gasteiger partial charge in [0.15, 0.2) is 0 Å². The van der Waals surface area contributed by atoms with Crippen molar-refractivity contribution in [2.75, 3.05) is 10.2 Å². The van der Waals surface area contributed by atoms with Gasteiger partial charge in [0.1, 0.15) is 6.04 Å². The van der Waals surface area contributed by atoms with Gasteiger partial charge in [-0.15, -0.1) is 0 Å². The average Bonchev–Trinajstić information content (AvgIpc) is 2.85. The van der Waals surface area contributed by atoms with Gasteiger partial charge >= 0.3 is 0 Å². The number of carbonyl (C=O) groups excluding carboxylic acids is 2. The molecule has 4 nitrogen and oxygen atoms in total. The van der Waals surface area contributed by atoms with Crippen LogP contribution in [0.15, 0.2) is 42.5 Å². The van der Waals surface area contributed by atoms with Crippen molar-refractivity contribution < 1.29 is 9.59 Å². The van der Waals surface area contributed by atoms with Crippen LogP contribution >= 0.6 is 0 Å². The highest BCUT2D eigenvalue weighted by atomic mass is 16.2. The third kappa shape index (κ3) is 2.92. The molecule has 2 aromatic carbocycles. The molecule has 1 N–H and O–H groups in total. The van der Waals surface area contributed by atoms with Gasteiger partial charge in [-0.2, -0.15) is 0 Å². The van der Waals surface area contributed by atoms with Gasteiger partial charge in [0.25, 0.3) is 5.91 Å². The Labute approximate surface area is 142 Å². The molecule has 2 amide bonds. The lowest BCUT2D eigenvalue weighted by Gasteiger charge is -2.19. The number of anilines is 2. The minimum absolute atomic E-state index is 0.156. The number of nitrogens with zero attached hydrogens (tertiary/aromatic N) is 1. The lowest BCUT2D eigenvalue weighted by Crippen LogP contribution is -2.35. The van der Waals surface area contributed by atoms with Crippen molar-refractivity contribution in [2.45, 2.75) is 39.7 Å². The standard InChI is InChI=1S/C20H22N2O2/c1-4-15-8-10-16(11-9-15)21-17-12-19(23)22(20(17)24)18-7-5-6-13(2)14(18)3/h5-11,17,21H,4,12H2,1-3H3/t17-/m0/s1. The van der Waals surface area contributed by atoms with Gasteiger partial charge in [-0.3, -0.25) is 9.59 Å². The van der Waals surface area contributed by atoms with Crippen LogP contribution in [0, 0.1) is 13.8 Å². The summed E-state index contributed by atoms with van der Waals surface area (Å²) in [5.41, 5.74) is 4.83. The highest BCUT2D eigenvalue weighted by Gasteiger charge is 2.40. The van der Waals surface area contributed by atoms with Crippen molar-refractivity contribution in [3.05, 3.63) is 59.2 Å². The van der Waals surface area contributed by atoms with E-state index in [4.69, 9.17) is 0 Å². The third-order valence-electron chi connectivity index (χ3n) is 4.67. The number of hydrogen-bond acceptors (Lipinski definition) is 3. The molecule has 1 saturated heterocycles. The van der Waals surface area contributed by atoms with E-state index in [9.17, 15) is 9.59 Å². The second-order valence-corrected chi connectivity index (χ2v) is 6.24. The molecule has 3 rings (SSSR count). The Balaban J connectivity index is 1.82. The third-order valence-corrected chi connectivity index (χ3v) is 4.67. The van der Waals surface area contributed by atoms with E-state index in [0.717, 1.165) is 23.2 Å². The molecule has 0 bridgehead atoms. The van der Waals surface area contributed by atoms with Crippen molar-refractivity contribution in [3.8, 4) is 0 Å². The van der Waals surface area contributed by atoms with Crippen molar-refractivity contribution in [3.63, 3.8) is 0 Å². The first kappa shape index (κ1) is 16.2. The van der Waals surface area contributed by atoms with Gasteiger partial charge in [0, 0.05) is 5.69 Å². The molecule has 1 aliphatic rings. The summed E-state index contributed by atoms with van der Waals surface area (Å²) in [6, 6.07) is 13.2. The van der Waals surface area contributed by atoms with Crippen LogP contribution in [0.3, 0.4) is 0 Å².